The first kappa shape index (κ1) is 18.7. The summed E-state index contributed by atoms with van der Waals surface area (Å²) in [6, 6.07) is 4.95. The van der Waals surface area contributed by atoms with Crippen LogP contribution in [-0.2, 0) is 9.59 Å². The lowest BCUT2D eigenvalue weighted by Gasteiger charge is -2.33. The second-order valence-corrected chi connectivity index (χ2v) is 8.52. The number of aromatic nitrogens is 1. The highest BCUT2D eigenvalue weighted by molar-refractivity contribution is 7.22. The molecular weight excluding hydrogens is 380 g/mol. The number of fused-ring (bicyclic) bond motifs is 1. The van der Waals surface area contributed by atoms with Crippen LogP contribution in [0.4, 0.5) is 9.93 Å². The lowest BCUT2D eigenvalue weighted by molar-refractivity contribution is -0.135. The minimum atomic E-state index is -0.837. The number of rotatable bonds is 4. The van der Waals surface area contributed by atoms with Crippen LogP contribution in [-0.4, -0.2) is 46.9 Å². The Hall–Kier alpha value is -2.68. The third kappa shape index (κ3) is 3.30. The summed E-state index contributed by atoms with van der Waals surface area (Å²) in [5.41, 5.74) is -0.0950. The average Bonchev–Trinajstić information content (AvgIpc) is 3.17. The minimum Gasteiger partial charge on any atom is -0.497 e. The van der Waals surface area contributed by atoms with E-state index in [0.29, 0.717) is 29.6 Å². The van der Waals surface area contributed by atoms with Gasteiger partial charge in [-0.1, -0.05) is 18.3 Å². The van der Waals surface area contributed by atoms with Crippen LogP contribution in [0, 0.1) is 5.92 Å². The number of hydrogen-bond donors (Lipinski definition) is 2. The Bertz CT molecular complexity index is 949. The monoisotopic (exact) mass is 402 g/mol. The highest BCUT2D eigenvalue weighted by atomic mass is 32.1. The number of thiazole rings is 1. The first-order valence-electron chi connectivity index (χ1n) is 9.29. The van der Waals surface area contributed by atoms with Crippen molar-refractivity contribution in [3.63, 3.8) is 0 Å². The average molecular weight is 402 g/mol. The fourth-order valence-electron chi connectivity index (χ4n) is 3.80. The maximum absolute atomic E-state index is 12.8. The van der Waals surface area contributed by atoms with Gasteiger partial charge in [-0.15, -0.1) is 0 Å². The Morgan fingerprint density at radius 2 is 2.14 bits per heavy atom. The van der Waals surface area contributed by atoms with Crippen LogP contribution in [0.5, 0.6) is 5.75 Å². The molecular formula is C19H22N4O4S. The van der Waals surface area contributed by atoms with Gasteiger partial charge in [0.05, 0.1) is 17.3 Å². The van der Waals surface area contributed by atoms with Crippen LogP contribution in [0.1, 0.15) is 32.6 Å². The van der Waals surface area contributed by atoms with Crippen LogP contribution in [0.3, 0.4) is 0 Å². The SMILES string of the molecule is COc1ccc2nc(NC(=O)CN3C(=O)NC4(CCC(C)CC4)C3=O)sc2c1. The van der Waals surface area contributed by atoms with Gasteiger partial charge < -0.3 is 15.4 Å². The Balaban J connectivity index is 1.43. The van der Waals surface area contributed by atoms with Crippen molar-refractivity contribution in [2.75, 3.05) is 19.0 Å². The maximum atomic E-state index is 12.8. The summed E-state index contributed by atoms with van der Waals surface area (Å²) in [6.45, 7) is 1.83. The maximum Gasteiger partial charge on any atom is 0.325 e. The number of nitrogens with zero attached hydrogens (tertiary/aromatic N) is 2. The molecule has 2 N–H and O–H groups in total. The van der Waals surface area contributed by atoms with Gasteiger partial charge in [0.15, 0.2) is 5.13 Å². The second-order valence-electron chi connectivity index (χ2n) is 7.49. The topological polar surface area (TPSA) is 101 Å². The number of benzene rings is 1. The van der Waals surface area contributed by atoms with E-state index >= 15 is 0 Å². The summed E-state index contributed by atoms with van der Waals surface area (Å²) in [5.74, 6) is 0.509. The quantitative estimate of drug-likeness (QED) is 0.766. The minimum absolute atomic E-state index is 0.298. The molecule has 1 spiro atoms. The van der Waals surface area contributed by atoms with Gasteiger partial charge in [0, 0.05) is 0 Å². The number of methoxy groups -OCH3 is 1. The number of carbonyl (C=O) groups excluding carboxylic acids is 3. The molecule has 28 heavy (non-hydrogen) atoms. The Morgan fingerprint density at radius 1 is 1.39 bits per heavy atom. The van der Waals surface area contributed by atoms with Crippen molar-refractivity contribution in [3.8, 4) is 5.75 Å². The third-order valence-electron chi connectivity index (χ3n) is 5.52. The van der Waals surface area contributed by atoms with Gasteiger partial charge in [-0.3, -0.25) is 14.5 Å². The summed E-state index contributed by atoms with van der Waals surface area (Å²) < 4.78 is 6.06. The van der Waals surface area contributed by atoms with Crippen molar-refractivity contribution in [1.82, 2.24) is 15.2 Å². The zero-order chi connectivity index (χ0) is 19.9. The van der Waals surface area contributed by atoms with Crippen LogP contribution in [0.15, 0.2) is 18.2 Å². The molecule has 1 saturated heterocycles. The number of carbonyl (C=O) groups is 3. The van der Waals surface area contributed by atoms with Gasteiger partial charge in [0.25, 0.3) is 5.91 Å². The second kappa shape index (κ2) is 7.05. The number of hydrogen-bond acceptors (Lipinski definition) is 6. The molecule has 1 aromatic carbocycles. The molecule has 1 aromatic heterocycles. The third-order valence-corrected chi connectivity index (χ3v) is 6.45. The molecule has 2 aliphatic rings. The first-order valence-corrected chi connectivity index (χ1v) is 10.1. The van der Waals surface area contributed by atoms with E-state index in [9.17, 15) is 14.4 Å². The fourth-order valence-corrected chi connectivity index (χ4v) is 4.71. The number of ether oxygens (including phenoxy) is 1. The first-order chi connectivity index (χ1) is 13.4. The van der Waals surface area contributed by atoms with Crippen molar-refractivity contribution < 1.29 is 19.1 Å². The number of urea groups is 1. The van der Waals surface area contributed by atoms with Crippen LogP contribution in [0.25, 0.3) is 10.2 Å². The highest BCUT2D eigenvalue weighted by Gasteiger charge is 2.52. The van der Waals surface area contributed by atoms with E-state index in [1.807, 2.05) is 12.1 Å². The standard InChI is InChI=1S/C19H22N4O4S/c1-11-5-7-19(8-6-11)16(25)23(18(26)22-19)10-15(24)21-17-20-13-4-3-12(27-2)9-14(13)28-17/h3-4,9,11H,5-8,10H2,1-2H3,(H,22,26)(H,20,21,24). The van der Waals surface area contributed by atoms with Crippen molar-refractivity contribution in [2.24, 2.45) is 5.92 Å². The molecule has 2 aromatic rings. The lowest BCUT2D eigenvalue weighted by atomic mass is 9.77. The molecule has 0 bridgehead atoms. The molecule has 2 fully saturated rings. The number of amides is 4. The van der Waals surface area contributed by atoms with E-state index in [4.69, 9.17) is 4.74 Å². The zero-order valence-corrected chi connectivity index (χ0v) is 16.6. The summed E-state index contributed by atoms with van der Waals surface area (Å²) in [6.07, 6.45) is 3.02. The Morgan fingerprint density at radius 3 is 2.86 bits per heavy atom. The molecule has 8 nitrogen and oxygen atoms in total. The van der Waals surface area contributed by atoms with Crippen molar-refractivity contribution in [2.45, 2.75) is 38.1 Å². The predicted molar refractivity (Wildman–Crippen MR) is 105 cm³/mol. The molecule has 2 heterocycles. The number of imide groups is 1. The molecule has 0 unspecified atom stereocenters. The van der Waals surface area contributed by atoms with Gasteiger partial charge in [-0.25, -0.2) is 9.78 Å². The highest BCUT2D eigenvalue weighted by Crippen LogP contribution is 2.36. The lowest BCUT2D eigenvalue weighted by Crippen LogP contribution is -2.49. The Labute approximate surface area is 166 Å². The van der Waals surface area contributed by atoms with E-state index in [2.05, 4.69) is 22.5 Å². The van der Waals surface area contributed by atoms with E-state index in [-0.39, 0.29) is 12.5 Å². The molecule has 0 atom stereocenters. The van der Waals surface area contributed by atoms with E-state index in [1.165, 1.54) is 11.3 Å². The number of nitrogens with one attached hydrogen (secondary N) is 2. The normalized spacial score (nSPS) is 24.6. The van der Waals surface area contributed by atoms with Crippen LogP contribution < -0.4 is 15.4 Å². The molecule has 0 radical (unpaired) electrons. The summed E-state index contributed by atoms with van der Waals surface area (Å²) in [7, 11) is 1.59. The van der Waals surface area contributed by atoms with Gasteiger partial charge in [-0.05, 0) is 49.8 Å². The summed E-state index contributed by atoms with van der Waals surface area (Å²) >= 11 is 1.31. The molecule has 4 rings (SSSR count). The van der Waals surface area contributed by atoms with Gasteiger partial charge in [-0.2, -0.15) is 0 Å². The van der Waals surface area contributed by atoms with Gasteiger partial charge in [0.2, 0.25) is 5.91 Å². The fraction of sp³-hybridized carbons (Fsp3) is 0.474. The molecule has 148 valence electrons. The van der Waals surface area contributed by atoms with E-state index in [0.717, 1.165) is 28.0 Å². The number of anilines is 1. The largest absolute Gasteiger partial charge is 0.497 e. The Kier molecular flexibility index (Phi) is 4.70. The molecule has 1 aliphatic heterocycles. The zero-order valence-electron chi connectivity index (χ0n) is 15.8. The van der Waals surface area contributed by atoms with Crippen LogP contribution >= 0.6 is 11.3 Å². The molecule has 1 aliphatic carbocycles. The predicted octanol–water partition coefficient (Wildman–Crippen LogP) is 2.74. The van der Waals surface area contributed by atoms with Gasteiger partial charge >= 0.3 is 6.03 Å². The molecule has 4 amide bonds. The summed E-state index contributed by atoms with van der Waals surface area (Å²) in [4.78, 5) is 43.0. The van der Waals surface area contributed by atoms with Crippen molar-refractivity contribution in [3.05, 3.63) is 18.2 Å². The summed E-state index contributed by atoms with van der Waals surface area (Å²) in [5, 5.41) is 5.93. The van der Waals surface area contributed by atoms with Crippen LogP contribution in [0.2, 0.25) is 0 Å². The van der Waals surface area contributed by atoms with E-state index in [1.54, 1.807) is 13.2 Å². The van der Waals surface area contributed by atoms with E-state index < -0.39 is 17.5 Å². The molecule has 1 saturated carbocycles. The van der Waals surface area contributed by atoms with Gasteiger partial charge in [0.1, 0.15) is 17.8 Å². The van der Waals surface area contributed by atoms with Crippen molar-refractivity contribution >= 4 is 44.5 Å². The smallest absolute Gasteiger partial charge is 0.325 e. The van der Waals surface area contributed by atoms with Crippen molar-refractivity contribution in [1.29, 1.82) is 0 Å². The molecule has 9 heteroatoms.